The summed E-state index contributed by atoms with van der Waals surface area (Å²) >= 11 is 1.23. The van der Waals surface area contributed by atoms with E-state index in [1.165, 1.54) is 16.4 Å². The monoisotopic (exact) mass is 529 g/mol. The summed E-state index contributed by atoms with van der Waals surface area (Å²) in [5.74, 6) is 0.666. The van der Waals surface area contributed by atoms with Crippen molar-refractivity contribution >= 4 is 28.4 Å². The molecule has 36 heavy (non-hydrogen) atoms. The van der Waals surface area contributed by atoms with Crippen molar-refractivity contribution in [1.82, 2.24) is 14.3 Å². The molecule has 0 radical (unpaired) electrons. The van der Waals surface area contributed by atoms with Crippen molar-refractivity contribution in [3.05, 3.63) is 71.0 Å². The number of carbonyl (C=O) groups is 1. The van der Waals surface area contributed by atoms with Crippen LogP contribution in [0.15, 0.2) is 48.5 Å². The Labute approximate surface area is 206 Å². The summed E-state index contributed by atoms with van der Waals surface area (Å²) in [5, 5.41) is 2.88. The van der Waals surface area contributed by atoms with Crippen molar-refractivity contribution in [3.63, 3.8) is 0 Å². The van der Waals surface area contributed by atoms with Gasteiger partial charge in [0.15, 0.2) is 0 Å². The molecule has 1 aliphatic rings. The van der Waals surface area contributed by atoms with E-state index >= 15 is 0 Å². The van der Waals surface area contributed by atoms with Gasteiger partial charge in [-0.3, -0.25) is 0 Å². The number of hydrogen-bond acceptors (Lipinski definition) is 5. The average molecular weight is 530 g/mol. The minimum Gasteiger partial charge on any atom is -0.343 e. The predicted octanol–water partition coefficient (Wildman–Crippen LogP) is 5.91. The molecule has 1 atom stereocenters. The van der Waals surface area contributed by atoms with Crippen LogP contribution in [0.1, 0.15) is 29.4 Å². The zero-order valence-corrected chi connectivity index (χ0v) is 19.7. The molecule has 2 amide bonds. The van der Waals surface area contributed by atoms with E-state index in [2.05, 4.69) is 14.7 Å². The maximum Gasteiger partial charge on any atom is 0.416 e. The molecule has 0 saturated carbocycles. The number of aromatic nitrogens is 2. The molecule has 1 saturated heterocycles. The van der Waals surface area contributed by atoms with E-state index < -0.39 is 35.2 Å². The van der Waals surface area contributed by atoms with Crippen LogP contribution in [0.3, 0.4) is 0 Å². The highest BCUT2D eigenvalue weighted by atomic mass is 32.1. The molecule has 0 aliphatic carbocycles. The van der Waals surface area contributed by atoms with E-state index in [9.17, 15) is 31.1 Å². The molecule has 1 N–H and O–H groups in total. The van der Waals surface area contributed by atoms with E-state index in [-0.39, 0.29) is 18.7 Å². The summed E-state index contributed by atoms with van der Waals surface area (Å²) in [5.41, 5.74) is -2.49. The minimum absolute atomic E-state index is 0.0190. The Morgan fingerprint density at radius 2 is 1.67 bits per heavy atom. The number of anilines is 2. The van der Waals surface area contributed by atoms with Crippen LogP contribution in [-0.4, -0.2) is 46.0 Å². The molecule has 0 bridgehead atoms. The second-order valence-corrected chi connectivity index (χ2v) is 9.10. The fraction of sp³-hybridized carbons (Fsp3) is 0.348. The van der Waals surface area contributed by atoms with Gasteiger partial charge in [0, 0.05) is 49.3 Å². The van der Waals surface area contributed by atoms with Crippen LogP contribution < -0.4 is 10.2 Å². The minimum atomic E-state index is -5.00. The molecule has 6 nitrogen and oxygen atoms in total. The highest BCUT2D eigenvalue weighted by molar-refractivity contribution is 7.09. The summed E-state index contributed by atoms with van der Waals surface area (Å²) in [6, 6.07) is 9.56. The number of piperazine rings is 1. The van der Waals surface area contributed by atoms with Gasteiger partial charge in [0.2, 0.25) is 5.13 Å². The summed E-state index contributed by atoms with van der Waals surface area (Å²) in [6.45, 7) is 2.70. The third kappa shape index (κ3) is 6.07. The van der Waals surface area contributed by atoms with Gasteiger partial charge in [-0.25, -0.2) is 9.78 Å². The Balaban J connectivity index is 1.42. The van der Waals surface area contributed by atoms with E-state index in [1.807, 2.05) is 35.2 Å². The number of rotatable bonds is 4. The predicted molar refractivity (Wildman–Crippen MR) is 123 cm³/mol. The lowest BCUT2D eigenvalue weighted by molar-refractivity contribution is -0.143. The lowest BCUT2D eigenvalue weighted by Gasteiger charge is -2.39. The molecule has 192 valence electrons. The summed E-state index contributed by atoms with van der Waals surface area (Å²) in [7, 11) is 0. The molecular weight excluding hydrogens is 508 g/mol. The summed E-state index contributed by atoms with van der Waals surface area (Å²) in [4.78, 5) is 20.6. The number of nitrogens with one attached hydrogen (secondary N) is 1. The van der Waals surface area contributed by atoms with Gasteiger partial charge < -0.3 is 15.1 Å². The lowest BCUT2D eigenvalue weighted by atomic mass is 10.1. The van der Waals surface area contributed by atoms with Crippen molar-refractivity contribution < 1.29 is 31.1 Å². The smallest absolute Gasteiger partial charge is 0.343 e. The molecule has 2 heterocycles. The normalized spacial score (nSPS) is 16.8. The zero-order chi connectivity index (χ0) is 26.1. The standard InChI is InChI=1S/C23H21F6N5OS/c1-14-13-33(21-31-19(32-36-21)9-15-5-3-2-4-6-15)7-8-34(14)20(35)30-18-11-16(22(24,25)26)10-17(12-18)23(27,28)29/h2-6,10-12,14H,7-9,13H2,1H3,(H,30,35). The number of amides is 2. The number of nitrogens with zero attached hydrogens (tertiary/aromatic N) is 4. The van der Waals surface area contributed by atoms with Crippen molar-refractivity contribution in [2.45, 2.75) is 31.7 Å². The van der Waals surface area contributed by atoms with E-state index in [0.29, 0.717) is 42.6 Å². The average Bonchev–Trinajstić information content (AvgIpc) is 3.26. The Morgan fingerprint density at radius 1 is 1.03 bits per heavy atom. The van der Waals surface area contributed by atoms with Crippen molar-refractivity contribution in [1.29, 1.82) is 0 Å². The quantitative estimate of drug-likeness (QED) is 0.427. The van der Waals surface area contributed by atoms with Crippen LogP contribution in [-0.2, 0) is 18.8 Å². The van der Waals surface area contributed by atoms with Crippen molar-refractivity contribution in [3.8, 4) is 0 Å². The van der Waals surface area contributed by atoms with Gasteiger partial charge >= 0.3 is 18.4 Å². The van der Waals surface area contributed by atoms with E-state index in [4.69, 9.17) is 0 Å². The maximum atomic E-state index is 13.1. The number of carbonyl (C=O) groups excluding carboxylic acids is 1. The van der Waals surface area contributed by atoms with Crippen LogP contribution >= 0.6 is 11.5 Å². The van der Waals surface area contributed by atoms with Crippen molar-refractivity contribution in [2.75, 3.05) is 29.9 Å². The summed E-state index contributed by atoms with van der Waals surface area (Å²) < 4.78 is 83.1. The fourth-order valence-electron chi connectivity index (χ4n) is 3.88. The Morgan fingerprint density at radius 3 is 2.25 bits per heavy atom. The topological polar surface area (TPSA) is 61.4 Å². The summed E-state index contributed by atoms with van der Waals surface area (Å²) in [6.07, 6.45) is -9.42. The fourth-order valence-corrected chi connectivity index (χ4v) is 4.60. The third-order valence-electron chi connectivity index (χ3n) is 5.66. The molecule has 1 fully saturated rings. The number of halogens is 6. The van der Waals surface area contributed by atoms with Crippen LogP contribution in [0.5, 0.6) is 0 Å². The molecule has 1 aliphatic heterocycles. The number of urea groups is 1. The molecule has 3 aromatic rings. The van der Waals surface area contributed by atoms with Gasteiger partial charge in [-0.2, -0.15) is 30.7 Å². The van der Waals surface area contributed by atoms with Gasteiger partial charge in [-0.05, 0) is 30.7 Å². The Bertz CT molecular complexity index is 1180. The highest BCUT2D eigenvalue weighted by Gasteiger charge is 2.37. The molecule has 1 aromatic heterocycles. The van der Waals surface area contributed by atoms with E-state index in [0.717, 1.165) is 5.56 Å². The first-order valence-electron chi connectivity index (χ1n) is 10.9. The van der Waals surface area contributed by atoms with Crippen LogP contribution in [0.4, 0.5) is 42.0 Å². The van der Waals surface area contributed by atoms with Gasteiger partial charge in [0.05, 0.1) is 11.1 Å². The Kier molecular flexibility index (Phi) is 7.12. The molecular formula is C23H21F6N5OS. The SMILES string of the molecule is CC1CN(c2nc(Cc3ccccc3)ns2)CCN1C(=O)Nc1cc(C(F)(F)F)cc(C(F)(F)F)c1. The third-order valence-corrected chi connectivity index (χ3v) is 6.48. The van der Waals surface area contributed by atoms with Crippen LogP contribution in [0, 0.1) is 0 Å². The van der Waals surface area contributed by atoms with Crippen LogP contribution in [0.25, 0.3) is 0 Å². The van der Waals surface area contributed by atoms with Crippen molar-refractivity contribution in [2.24, 2.45) is 0 Å². The van der Waals surface area contributed by atoms with Crippen LogP contribution in [0.2, 0.25) is 0 Å². The lowest BCUT2D eigenvalue weighted by Crippen LogP contribution is -2.55. The first kappa shape index (κ1) is 25.7. The molecule has 13 heteroatoms. The first-order chi connectivity index (χ1) is 16.9. The van der Waals surface area contributed by atoms with E-state index in [1.54, 1.807) is 6.92 Å². The van der Waals surface area contributed by atoms with Gasteiger partial charge in [-0.1, -0.05) is 30.3 Å². The second kappa shape index (κ2) is 9.96. The molecule has 4 rings (SSSR count). The molecule has 1 unspecified atom stereocenters. The molecule has 2 aromatic carbocycles. The zero-order valence-electron chi connectivity index (χ0n) is 18.9. The number of hydrogen-bond donors (Lipinski definition) is 1. The second-order valence-electron chi connectivity index (χ2n) is 8.37. The maximum absolute atomic E-state index is 13.1. The highest BCUT2D eigenvalue weighted by Crippen LogP contribution is 2.37. The Hall–Kier alpha value is -3.35. The first-order valence-corrected chi connectivity index (χ1v) is 11.7. The number of alkyl halides is 6. The number of benzene rings is 2. The largest absolute Gasteiger partial charge is 0.416 e. The van der Waals surface area contributed by atoms with Gasteiger partial charge in [-0.15, -0.1) is 0 Å². The van der Waals surface area contributed by atoms with Gasteiger partial charge in [0.25, 0.3) is 0 Å². The van der Waals surface area contributed by atoms with Gasteiger partial charge in [0.1, 0.15) is 5.82 Å². The molecule has 0 spiro atoms.